The third kappa shape index (κ3) is 3.00. The van der Waals surface area contributed by atoms with E-state index in [1.807, 2.05) is 11.9 Å². The Bertz CT molecular complexity index is 329. The van der Waals surface area contributed by atoms with E-state index in [1.165, 1.54) is 12.8 Å². The lowest BCUT2D eigenvalue weighted by atomic mass is 10.2. The second-order valence-corrected chi connectivity index (χ2v) is 4.02. The summed E-state index contributed by atoms with van der Waals surface area (Å²) in [5, 5.41) is 13.1. The van der Waals surface area contributed by atoms with Crippen LogP contribution in [0.3, 0.4) is 0 Å². The topological polar surface area (TPSA) is 48.4 Å². The van der Waals surface area contributed by atoms with E-state index in [9.17, 15) is 5.11 Å². The van der Waals surface area contributed by atoms with Gasteiger partial charge in [-0.1, -0.05) is 0 Å². The summed E-state index contributed by atoms with van der Waals surface area (Å²) < 4.78 is 0. The zero-order valence-corrected chi connectivity index (χ0v) is 10.2. The summed E-state index contributed by atoms with van der Waals surface area (Å²) in [6.07, 6.45) is 4.15. The number of anilines is 1. The predicted octanol–water partition coefficient (Wildman–Crippen LogP) is 1.40. The smallest absolute Gasteiger partial charge is 0.170 e. The predicted molar refractivity (Wildman–Crippen MR) is 67.4 cm³/mol. The fourth-order valence-corrected chi connectivity index (χ4v) is 2.01. The summed E-state index contributed by atoms with van der Waals surface area (Å²) in [4.78, 5) is 6.17. The van der Waals surface area contributed by atoms with Gasteiger partial charge in [0.25, 0.3) is 0 Å². The molecule has 90 valence electrons. The molecule has 0 bridgehead atoms. The standard InChI is InChI=1S/C11H17N3O.ClH/c1-14(8-9-4-2-6-12-9)11-10(15)5-3-7-13-11;/h3,5,7,9,12,15H,2,4,6,8H2,1H3;1H. The van der Waals surface area contributed by atoms with Crippen molar-refractivity contribution >= 4 is 18.2 Å². The second kappa shape index (κ2) is 5.92. The van der Waals surface area contributed by atoms with E-state index < -0.39 is 0 Å². The Labute approximate surface area is 102 Å². The second-order valence-electron chi connectivity index (χ2n) is 4.02. The van der Waals surface area contributed by atoms with Crippen LogP contribution in [0.25, 0.3) is 0 Å². The van der Waals surface area contributed by atoms with Crippen molar-refractivity contribution in [3.05, 3.63) is 18.3 Å². The summed E-state index contributed by atoms with van der Waals surface area (Å²) in [6, 6.07) is 3.93. The largest absolute Gasteiger partial charge is 0.504 e. The number of nitrogens with zero attached hydrogens (tertiary/aromatic N) is 2. The lowest BCUT2D eigenvalue weighted by molar-refractivity contribution is 0.470. The van der Waals surface area contributed by atoms with Crippen molar-refractivity contribution in [2.45, 2.75) is 18.9 Å². The minimum atomic E-state index is 0. The number of hydrogen-bond acceptors (Lipinski definition) is 4. The van der Waals surface area contributed by atoms with Gasteiger partial charge in [0, 0.05) is 25.8 Å². The van der Waals surface area contributed by atoms with Crippen LogP contribution < -0.4 is 10.2 Å². The Morgan fingerprint density at radius 2 is 2.44 bits per heavy atom. The maximum atomic E-state index is 9.63. The van der Waals surface area contributed by atoms with Gasteiger partial charge in [0.15, 0.2) is 11.6 Å². The third-order valence-corrected chi connectivity index (χ3v) is 2.78. The molecule has 4 nitrogen and oxygen atoms in total. The fraction of sp³-hybridized carbons (Fsp3) is 0.545. The van der Waals surface area contributed by atoms with Crippen LogP contribution in [0, 0.1) is 0 Å². The maximum Gasteiger partial charge on any atom is 0.170 e. The third-order valence-electron chi connectivity index (χ3n) is 2.78. The molecule has 1 aromatic heterocycles. The van der Waals surface area contributed by atoms with E-state index in [4.69, 9.17) is 0 Å². The Morgan fingerprint density at radius 1 is 1.62 bits per heavy atom. The Balaban J connectivity index is 0.00000128. The maximum absolute atomic E-state index is 9.63. The zero-order chi connectivity index (χ0) is 10.7. The SMILES string of the molecule is CN(CC1CCCN1)c1ncccc1O.Cl. The van der Waals surface area contributed by atoms with Crippen LogP contribution in [-0.4, -0.2) is 36.3 Å². The summed E-state index contributed by atoms with van der Waals surface area (Å²) in [7, 11) is 1.96. The quantitative estimate of drug-likeness (QED) is 0.843. The number of likely N-dealkylation sites (N-methyl/N-ethyl adjacent to an activating group) is 1. The highest BCUT2D eigenvalue weighted by atomic mass is 35.5. The van der Waals surface area contributed by atoms with Gasteiger partial charge in [0.1, 0.15) is 0 Å². The Hall–Kier alpha value is -1.00. The van der Waals surface area contributed by atoms with Gasteiger partial charge in [0.2, 0.25) is 0 Å². The molecule has 0 spiro atoms. The summed E-state index contributed by atoms with van der Waals surface area (Å²) in [5.41, 5.74) is 0. The van der Waals surface area contributed by atoms with Crippen molar-refractivity contribution in [1.82, 2.24) is 10.3 Å². The molecule has 1 saturated heterocycles. The molecule has 5 heteroatoms. The van der Waals surface area contributed by atoms with E-state index in [0.29, 0.717) is 11.9 Å². The average molecular weight is 244 g/mol. The molecular weight excluding hydrogens is 226 g/mol. The van der Waals surface area contributed by atoms with E-state index in [0.717, 1.165) is 13.1 Å². The van der Waals surface area contributed by atoms with E-state index in [2.05, 4.69) is 10.3 Å². The van der Waals surface area contributed by atoms with E-state index in [-0.39, 0.29) is 18.2 Å². The number of halogens is 1. The van der Waals surface area contributed by atoms with Gasteiger partial charge in [-0.3, -0.25) is 0 Å². The number of aromatic nitrogens is 1. The first kappa shape index (κ1) is 13.1. The number of pyridine rings is 1. The molecule has 1 aromatic rings. The van der Waals surface area contributed by atoms with Gasteiger partial charge in [-0.2, -0.15) is 0 Å². The molecule has 0 aliphatic carbocycles. The first-order chi connectivity index (χ1) is 7.27. The molecule has 1 fully saturated rings. The van der Waals surface area contributed by atoms with Crippen molar-refractivity contribution in [3.63, 3.8) is 0 Å². The van der Waals surface area contributed by atoms with Gasteiger partial charge in [-0.15, -0.1) is 12.4 Å². The lowest BCUT2D eigenvalue weighted by Crippen LogP contribution is -2.35. The van der Waals surface area contributed by atoms with Gasteiger partial charge in [-0.25, -0.2) is 4.98 Å². The van der Waals surface area contributed by atoms with Crippen molar-refractivity contribution in [1.29, 1.82) is 0 Å². The van der Waals surface area contributed by atoms with Crippen molar-refractivity contribution in [2.24, 2.45) is 0 Å². The molecule has 2 N–H and O–H groups in total. The minimum Gasteiger partial charge on any atom is -0.504 e. The van der Waals surface area contributed by atoms with Crippen LogP contribution in [0.4, 0.5) is 5.82 Å². The molecule has 0 saturated carbocycles. The minimum absolute atomic E-state index is 0. The van der Waals surface area contributed by atoms with Crippen LogP contribution in [0.2, 0.25) is 0 Å². The molecular formula is C11H18ClN3O. The molecule has 0 amide bonds. The Kier molecular flexibility index (Phi) is 4.83. The number of rotatable bonds is 3. The highest BCUT2D eigenvalue weighted by Gasteiger charge is 2.17. The molecule has 0 radical (unpaired) electrons. The highest BCUT2D eigenvalue weighted by molar-refractivity contribution is 5.85. The molecule has 2 rings (SSSR count). The van der Waals surface area contributed by atoms with Gasteiger partial charge < -0.3 is 15.3 Å². The molecule has 1 atom stereocenters. The number of nitrogens with one attached hydrogen (secondary N) is 1. The summed E-state index contributed by atoms with van der Waals surface area (Å²) >= 11 is 0. The van der Waals surface area contributed by atoms with Crippen LogP contribution in [-0.2, 0) is 0 Å². The number of hydrogen-bond donors (Lipinski definition) is 2. The molecule has 1 unspecified atom stereocenters. The van der Waals surface area contributed by atoms with Crippen molar-refractivity contribution in [2.75, 3.05) is 25.0 Å². The van der Waals surface area contributed by atoms with Crippen molar-refractivity contribution in [3.8, 4) is 5.75 Å². The fourth-order valence-electron chi connectivity index (χ4n) is 2.01. The monoisotopic (exact) mass is 243 g/mol. The van der Waals surface area contributed by atoms with Crippen LogP contribution >= 0.6 is 12.4 Å². The molecule has 0 aromatic carbocycles. The van der Waals surface area contributed by atoms with Gasteiger partial charge in [0.05, 0.1) is 0 Å². The summed E-state index contributed by atoms with van der Waals surface area (Å²) in [6.45, 7) is 2.00. The molecule has 16 heavy (non-hydrogen) atoms. The first-order valence-corrected chi connectivity index (χ1v) is 5.36. The molecule has 1 aliphatic rings. The first-order valence-electron chi connectivity index (χ1n) is 5.36. The normalized spacial score (nSPS) is 19.2. The zero-order valence-electron chi connectivity index (χ0n) is 9.39. The van der Waals surface area contributed by atoms with E-state index in [1.54, 1.807) is 18.3 Å². The van der Waals surface area contributed by atoms with Gasteiger partial charge in [-0.05, 0) is 31.5 Å². The highest BCUT2D eigenvalue weighted by Crippen LogP contribution is 2.22. The van der Waals surface area contributed by atoms with E-state index >= 15 is 0 Å². The van der Waals surface area contributed by atoms with Crippen LogP contribution in [0.1, 0.15) is 12.8 Å². The lowest BCUT2D eigenvalue weighted by Gasteiger charge is -2.22. The molecule has 2 heterocycles. The van der Waals surface area contributed by atoms with Crippen LogP contribution in [0.15, 0.2) is 18.3 Å². The van der Waals surface area contributed by atoms with Crippen LogP contribution in [0.5, 0.6) is 5.75 Å². The average Bonchev–Trinajstić information content (AvgIpc) is 2.71. The summed E-state index contributed by atoms with van der Waals surface area (Å²) in [5.74, 6) is 0.907. The molecule has 1 aliphatic heterocycles. The number of aromatic hydroxyl groups is 1. The van der Waals surface area contributed by atoms with Crippen molar-refractivity contribution < 1.29 is 5.11 Å². The Morgan fingerprint density at radius 3 is 3.06 bits per heavy atom. The van der Waals surface area contributed by atoms with Gasteiger partial charge >= 0.3 is 0 Å².